The highest BCUT2D eigenvalue weighted by atomic mass is 16.6. The molecule has 0 aromatic rings. The van der Waals surface area contributed by atoms with E-state index >= 15 is 0 Å². The van der Waals surface area contributed by atoms with Crippen LogP contribution < -0.4 is 11.1 Å². The number of alkyl carbamates (subject to hydrolysis) is 1. The normalized spacial score (nSPS) is 24.0. The van der Waals surface area contributed by atoms with Gasteiger partial charge >= 0.3 is 6.09 Å². The molecule has 2 atom stereocenters. The maximum Gasteiger partial charge on any atom is 0.408 e. The van der Waals surface area contributed by atoms with E-state index in [1.807, 2.05) is 0 Å². The second kappa shape index (κ2) is 4.21. The molecule has 0 aliphatic carbocycles. The number of carbonyl (C=O) groups is 3. The molecule has 1 rings (SSSR count). The fourth-order valence-corrected chi connectivity index (χ4v) is 1.33. The van der Waals surface area contributed by atoms with E-state index in [1.54, 1.807) is 20.8 Å². The number of nitrogens with one attached hydrogen (secondary N) is 1. The molecule has 1 aliphatic rings. The lowest BCUT2D eigenvalue weighted by atomic mass is 9.98. The summed E-state index contributed by atoms with van der Waals surface area (Å²) in [5, 5.41) is 11.4. The average molecular weight is 245 g/mol. The van der Waals surface area contributed by atoms with Crippen molar-refractivity contribution in [3.63, 3.8) is 0 Å². The van der Waals surface area contributed by atoms with E-state index in [4.69, 9.17) is 15.7 Å². The summed E-state index contributed by atoms with van der Waals surface area (Å²) in [6.45, 7) is 4.96. The number of hydrogen-bond donors (Lipinski definition) is 3. The molecule has 3 amide bonds. The second-order valence-electron chi connectivity index (χ2n) is 4.65. The zero-order valence-corrected chi connectivity index (χ0v) is 9.76. The molecule has 0 unspecified atom stereocenters. The van der Waals surface area contributed by atoms with Gasteiger partial charge in [-0.05, 0) is 20.8 Å². The van der Waals surface area contributed by atoms with E-state index in [9.17, 15) is 14.4 Å². The molecule has 1 aliphatic heterocycles. The predicted octanol–water partition coefficient (Wildman–Crippen LogP) is -1.03. The quantitative estimate of drug-likeness (QED) is 0.424. The van der Waals surface area contributed by atoms with Crippen LogP contribution in [0, 0.1) is 0 Å². The number of rotatable bonds is 2. The summed E-state index contributed by atoms with van der Waals surface area (Å²) < 4.78 is 4.90. The summed E-state index contributed by atoms with van der Waals surface area (Å²) in [5.41, 5.74) is 4.23. The highest BCUT2D eigenvalue weighted by Gasteiger charge is 2.52. The Morgan fingerprint density at radius 1 is 1.47 bits per heavy atom. The monoisotopic (exact) mass is 245 g/mol. The summed E-state index contributed by atoms with van der Waals surface area (Å²) in [5.74, 6) is -1.71. The lowest BCUT2D eigenvalue weighted by molar-refractivity contribution is -0.209. The van der Waals surface area contributed by atoms with Gasteiger partial charge in [0, 0.05) is 0 Å². The van der Waals surface area contributed by atoms with Crippen molar-refractivity contribution in [2.45, 2.75) is 38.5 Å². The lowest BCUT2D eigenvalue weighted by Gasteiger charge is -2.40. The molecule has 8 heteroatoms. The van der Waals surface area contributed by atoms with Gasteiger partial charge < -0.3 is 15.8 Å². The zero-order chi connectivity index (χ0) is 13.4. The van der Waals surface area contributed by atoms with Crippen molar-refractivity contribution in [2.24, 2.45) is 5.73 Å². The topological polar surface area (TPSA) is 122 Å². The average Bonchev–Trinajstić information content (AvgIpc) is 2.12. The van der Waals surface area contributed by atoms with Crippen molar-refractivity contribution < 1.29 is 24.3 Å². The van der Waals surface area contributed by atoms with Crippen LogP contribution in [0.15, 0.2) is 0 Å². The summed E-state index contributed by atoms with van der Waals surface area (Å²) in [7, 11) is 0. The summed E-state index contributed by atoms with van der Waals surface area (Å²) in [6.07, 6.45) is -0.852. The molecule has 8 nitrogen and oxygen atoms in total. The number of ether oxygens (including phenoxy) is 1. The molecule has 0 radical (unpaired) electrons. The fraction of sp³-hybridized carbons (Fsp3) is 0.667. The van der Waals surface area contributed by atoms with Crippen molar-refractivity contribution in [1.82, 2.24) is 10.4 Å². The maximum absolute atomic E-state index is 11.3. The molecule has 0 bridgehead atoms. The first-order chi connectivity index (χ1) is 7.63. The van der Waals surface area contributed by atoms with Crippen LogP contribution in [0.4, 0.5) is 4.79 Å². The molecular weight excluding hydrogens is 230 g/mol. The highest BCUT2D eigenvalue weighted by Crippen LogP contribution is 2.17. The summed E-state index contributed by atoms with van der Waals surface area (Å²) in [6, 6.07) is -2.43. The first-order valence-corrected chi connectivity index (χ1v) is 4.94. The SMILES string of the molecule is CC(C)(C)OC(=O)N[C@H]1C(=O)N(O)[C@@H]1C(N)=O. The number of hydroxylamine groups is 2. The van der Waals surface area contributed by atoms with Crippen LogP contribution in [0.25, 0.3) is 0 Å². The van der Waals surface area contributed by atoms with Crippen molar-refractivity contribution in [3.05, 3.63) is 0 Å². The Balaban J connectivity index is 2.60. The van der Waals surface area contributed by atoms with Gasteiger partial charge in [-0.3, -0.25) is 14.8 Å². The minimum Gasteiger partial charge on any atom is -0.444 e. The van der Waals surface area contributed by atoms with Gasteiger partial charge in [0.05, 0.1) is 0 Å². The Bertz CT molecular complexity index is 362. The van der Waals surface area contributed by atoms with Crippen molar-refractivity contribution >= 4 is 17.9 Å². The first-order valence-electron chi connectivity index (χ1n) is 4.94. The van der Waals surface area contributed by atoms with Crippen LogP contribution in [-0.4, -0.2) is 45.9 Å². The zero-order valence-electron chi connectivity index (χ0n) is 9.76. The number of carbonyl (C=O) groups excluding carboxylic acids is 3. The molecular formula is C9H15N3O5. The Morgan fingerprint density at radius 3 is 2.41 bits per heavy atom. The molecule has 0 saturated carbocycles. The van der Waals surface area contributed by atoms with E-state index in [-0.39, 0.29) is 5.06 Å². The van der Waals surface area contributed by atoms with Gasteiger partial charge in [0.25, 0.3) is 5.91 Å². The number of nitrogens with two attached hydrogens (primary N) is 1. The fourth-order valence-electron chi connectivity index (χ4n) is 1.33. The standard InChI is InChI=1S/C9H15N3O5/c1-9(2,3)17-8(15)11-4-5(6(10)13)12(16)7(4)14/h4-5,16H,1-3H3,(H2,10,13)(H,11,15)/t4-,5+/m1/s1. The molecule has 0 spiro atoms. The van der Waals surface area contributed by atoms with Crippen LogP contribution >= 0.6 is 0 Å². The Morgan fingerprint density at radius 2 is 2.00 bits per heavy atom. The van der Waals surface area contributed by atoms with Gasteiger partial charge in [0.1, 0.15) is 11.6 Å². The number of β-lactam (4-membered cyclic amide) rings is 1. The molecule has 96 valence electrons. The van der Waals surface area contributed by atoms with Crippen molar-refractivity contribution in [3.8, 4) is 0 Å². The minimum atomic E-state index is -1.25. The third-order valence-corrected chi connectivity index (χ3v) is 2.03. The smallest absolute Gasteiger partial charge is 0.408 e. The molecule has 4 N–H and O–H groups in total. The first kappa shape index (κ1) is 13.2. The minimum absolute atomic E-state index is 0.185. The molecule has 1 heterocycles. The molecule has 1 saturated heterocycles. The van der Waals surface area contributed by atoms with Gasteiger partial charge in [-0.25, -0.2) is 9.86 Å². The maximum atomic E-state index is 11.3. The van der Waals surface area contributed by atoms with Gasteiger partial charge in [0.15, 0.2) is 6.04 Å². The van der Waals surface area contributed by atoms with Gasteiger partial charge in [-0.2, -0.15) is 0 Å². The second-order valence-corrected chi connectivity index (χ2v) is 4.65. The number of hydrogen-bond acceptors (Lipinski definition) is 5. The van der Waals surface area contributed by atoms with Crippen LogP contribution in [-0.2, 0) is 14.3 Å². The van der Waals surface area contributed by atoms with Crippen LogP contribution in [0.1, 0.15) is 20.8 Å². The Kier molecular flexibility index (Phi) is 3.28. The lowest BCUT2D eigenvalue weighted by Crippen LogP contribution is -2.73. The molecule has 1 fully saturated rings. The van der Waals surface area contributed by atoms with Crippen LogP contribution in [0.2, 0.25) is 0 Å². The van der Waals surface area contributed by atoms with E-state index in [0.717, 1.165) is 0 Å². The molecule has 0 aromatic heterocycles. The van der Waals surface area contributed by atoms with Crippen molar-refractivity contribution in [2.75, 3.05) is 0 Å². The summed E-state index contributed by atoms with van der Waals surface area (Å²) >= 11 is 0. The van der Waals surface area contributed by atoms with Gasteiger partial charge in [0.2, 0.25) is 5.91 Å². The number of primary amides is 1. The Labute approximate surface area is 97.6 Å². The highest BCUT2D eigenvalue weighted by molar-refractivity contribution is 6.01. The largest absolute Gasteiger partial charge is 0.444 e. The molecule has 17 heavy (non-hydrogen) atoms. The number of nitrogens with zero attached hydrogens (tertiary/aromatic N) is 1. The van der Waals surface area contributed by atoms with Crippen LogP contribution in [0.3, 0.4) is 0 Å². The third-order valence-electron chi connectivity index (χ3n) is 2.03. The van der Waals surface area contributed by atoms with E-state index in [0.29, 0.717) is 0 Å². The third kappa shape index (κ3) is 2.84. The van der Waals surface area contributed by atoms with Gasteiger partial charge in [-0.1, -0.05) is 0 Å². The van der Waals surface area contributed by atoms with E-state index < -0.39 is 35.6 Å². The predicted molar refractivity (Wildman–Crippen MR) is 54.8 cm³/mol. The van der Waals surface area contributed by atoms with E-state index in [1.165, 1.54) is 0 Å². The van der Waals surface area contributed by atoms with Gasteiger partial charge in [-0.15, -0.1) is 0 Å². The van der Waals surface area contributed by atoms with Crippen molar-refractivity contribution in [1.29, 1.82) is 0 Å². The van der Waals surface area contributed by atoms with E-state index in [2.05, 4.69) is 5.32 Å². The van der Waals surface area contributed by atoms with Crippen LogP contribution in [0.5, 0.6) is 0 Å². The molecule has 0 aromatic carbocycles. The Hall–Kier alpha value is -1.83. The number of amides is 3. The summed E-state index contributed by atoms with van der Waals surface area (Å²) in [4.78, 5) is 33.4.